The van der Waals surface area contributed by atoms with Crippen LogP contribution >= 0.6 is 0 Å². The van der Waals surface area contributed by atoms with E-state index in [4.69, 9.17) is 15.6 Å². The third kappa shape index (κ3) is 4.56. The number of aromatic nitrogens is 3. The number of nitrogens with one attached hydrogen (secondary N) is 1. The molecule has 12 heteroatoms. The number of carbonyl (C=O) groups excluding carboxylic acids is 1. The van der Waals surface area contributed by atoms with Crippen molar-refractivity contribution in [3.8, 4) is 11.3 Å². The number of morpholine rings is 1. The first kappa shape index (κ1) is 23.9. The number of ether oxygens (including phenoxy) is 1. The molecule has 3 aromatic rings. The molecule has 4 N–H and O–H groups in total. The molecule has 0 spiro atoms. The van der Waals surface area contributed by atoms with Crippen LogP contribution in [0.5, 0.6) is 0 Å². The van der Waals surface area contributed by atoms with Gasteiger partial charge in [-0.1, -0.05) is 12.1 Å². The van der Waals surface area contributed by atoms with Gasteiger partial charge in [-0.05, 0) is 30.2 Å². The SMILES string of the molecule is Cc1ccc(-c2cc(CN3CCOCC3)c3c(N)ncnn23)cc1C(=O)N[C@@H]1CN(C(=O)O)C[C@@H]1F. The van der Waals surface area contributed by atoms with Gasteiger partial charge in [-0.15, -0.1) is 0 Å². The quantitative estimate of drug-likeness (QED) is 0.483. The number of anilines is 1. The van der Waals surface area contributed by atoms with E-state index < -0.39 is 24.2 Å². The number of likely N-dealkylation sites (tertiary alicyclic amines) is 1. The largest absolute Gasteiger partial charge is 0.465 e. The molecule has 2 atom stereocenters. The van der Waals surface area contributed by atoms with E-state index in [1.54, 1.807) is 17.5 Å². The molecule has 2 amide bonds. The highest BCUT2D eigenvalue weighted by Gasteiger charge is 2.36. The van der Waals surface area contributed by atoms with Gasteiger partial charge >= 0.3 is 6.09 Å². The summed E-state index contributed by atoms with van der Waals surface area (Å²) in [6.45, 7) is 5.07. The van der Waals surface area contributed by atoms with Crippen LogP contribution in [-0.4, -0.2) is 93.1 Å². The minimum atomic E-state index is -1.47. The zero-order valence-electron chi connectivity index (χ0n) is 19.9. The number of carboxylic acid groups (broad SMARTS) is 1. The number of amides is 2. The Hall–Kier alpha value is -3.77. The fraction of sp³-hybridized carbons (Fsp3) is 0.417. The molecule has 190 valence electrons. The Labute approximate surface area is 206 Å². The van der Waals surface area contributed by atoms with Gasteiger partial charge < -0.3 is 25.8 Å². The fourth-order valence-electron chi connectivity index (χ4n) is 4.80. The summed E-state index contributed by atoms with van der Waals surface area (Å²) >= 11 is 0. The normalized spacial score (nSPS) is 20.7. The molecule has 11 nitrogen and oxygen atoms in total. The summed E-state index contributed by atoms with van der Waals surface area (Å²) in [5, 5.41) is 16.2. The molecule has 5 rings (SSSR count). The maximum Gasteiger partial charge on any atom is 0.407 e. The molecule has 0 unspecified atom stereocenters. The van der Waals surface area contributed by atoms with Crippen LogP contribution in [0.4, 0.5) is 15.0 Å². The number of nitrogens with zero attached hydrogens (tertiary/aromatic N) is 5. The number of nitrogens with two attached hydrogens (primary N) is 1. The Kier molecular flexibility index (Phi) is 6.46. The van der Waals surface area contributed by atoms with Crippen molar-refractivity contribution in [1.82, 2.24) is 29.7 Å². The van der Waals surface area contributed by atoms with E-state index in [-0.39, 0.29) is 13.1 Å². The number of hydrogen-bond donors (Lipinski definition) is 3. The third-order valence-corrected chi connectivity index (χ3v) is 6.77. The van der Waals surface area contributed by atoms with Gasteiger partial charge in [-0.2, -0.15) is 5.10 Å². The molecule has 36 heavy (non-hydrogen) atoms. The van der Waals surface area contributed by atoms with Crippen LogP contribution in [0.15, 0.2) is 30.6 Å². The van der Waals surface area contributed by atoms with Gasteiger partial charge in [0.1, 0.15) is 18.0 Å². The zero-order chi connectivity index (χ0) is 25.4. The van der Waals surface area contributed by atoms with Crippen molar-refractivity contribution < 1.29 is 23.8 Å². The lowest BCUT2D eigenvalue weighted by atomic mass is 10.0. The number of halogens is 1. The number of benzene rings is 1. The topological polar surface area (TPSA) is 138 Å². The Balaban J connectivity index is 1.46. The summed E-state index contributed by atoms with van der Waals surface area (Å²) in [6, 6.07) is 6.55. The van der Waals surface area contributed by atoms with Crippen molar-refractivity contribution in [2.45, 2.75) is 25.7 Å². The van der Waals surface area contributed by atoms with E-state index in [9.17, 15) is 14.0 Å². The Morgan fingerprint density at radius 1 is 1.25 bits per heavy atom. The van der Waals surface area contributed by atoms with Crippen molar-refractivity contribution >= 4 is 23.3 Å². The molecular formula is C24H28FN7O4. The number of carbonyl (C=O) groups is 2. The van der Waals surface area contributed by atoms with Crippen molar-refractivity contribution in [1.29, 1.82) is 0 Å². The molecule has 2 aliphatic rings. The smallest absolute Gasteiger partial charge is 0.407 e. The number of fused-ring (bicyclic) bond motifs is 1. The molecule has 4 heterocycles. The molecule has 2 aliphatic heterocycles. The van der Waals surface area contributed by atoms with Crippen LogP contribution in [-0.2, 0) is 11.3 Å². The lowest BCUT2D eigenvalue weighted by Crippen LogP contribution is -2.42. The molecule has 2 aromatic heterocycles. The predicted molar refractivity (Wildman–Crippen MR) is 129 cm³/mol. The van der Waals surface area contributed by atoms with Gasteiger partial charge in [0.2, 0.25) is 0 Å². The minimum Gasteiger partial charge on any atom is -0.465 e. The first-order valence-corrected chi connectivity index (χ1v) is 11.8. The molecule has 0 saturated carbocycles. The van der Waals surface area contributed by atoms with E-state index in [1.165, 1.54) is 6.33 Å². The van der Waals surface area contributed by atoms with Crippen LogP contribution in [0.25, 0.3) is 16.8 Å². The highest BCUT2D eigenvalue weighted by molar-refractivity contribution is 5.97. The summed E-state index contributed by atoms with van der Waals surface area (Å²) in [4.78, 5) is 31.7. The predicted octanol–water partition coefficient (Wildman–Crippen LogP) is 1.55. The van der Waals surface area contributed by atoms with Gasteiger partial charge in [0.05, 0.1) is 31.5 Å². The average Bonchev–Trinajstić information content (AvgIpc) is 3.41. The van der Waals surface area contributed by atoms with Crippen LogP contribution in [0.2, 0.25) is 0 Å². The Bertz CT molecular complexity index is 1310. The van der Waals surface area contributed by atoms with Crippen molar-refractivity contribution in [3.63, 3.8) is 0 Å². The fourth-order valence-corrected chi connectivity index (χ4v) is 4.80. The second-order valence-corrected chi connectivity index (χ2v) is 9.16. The van der Waals surface area contributed by atoms with E-state index in [0.29, 0.717) is 42.2 Å². The number of hydrogen-bond acceptors (Lipinski definition) is 7. The second-order valence-electron chi connectivity index (χ2n) is 9.16. The van der Waals surface area contributed by atoms with Crippen LogP contribution in [0.1, 0.15) is 21.5 Å². The van der Waals surface area contributed by atoms with Gasteiger partial charge in [0.15, 0.2) is 5.82 Å². The van der Waals surface area contributed by atoms with E-state index >= 15 is 0 Å². The molecule has 2 saturated heterocycles. The molecule has 0 radical (unpaired) electrons. The number of rotatable bonds is 5. The maximum atomic E-state index is 14.4. The second kappa shape index (κ2) is 9.70. The molecule has 1 aromatic carbocycles. The number of nitrogen functional groups attached to an aromatic ring is 1. The molecule has 0 aliphatic carbocycles. The molecular weight excluding hydrogens is 469 g/mol. The number of aryl methyl sites for hydroxylation is 1. The van der Waals surface area contributed by atoms with E-state index in [2.05, 4.69) is 20.3 Å². The average molecular weight is 498 g/mol. The van der Waals surface area contributed by atoms with E-state index in [0.717, 1.165) is 34.8 Å². The first-order valence-electron chi connectivity index (χ1n) is 11.8. The van der Waals surface area contributed by atoms with Crippen LogP contribution in [0.3, 0.4) is 0 Å². The summed E-state index contributed by atoms with van der Waals surface area (Å²) in [7, 11) is 0. The third-order valence-electron chi connectivity index (χ3n) is 6.77. The monoisotopic (exact) mass is 497 g/mol. The molecule has 0 bridgehead atoms. The Morgan fingerprint density at radius 3 is 2.75 bits per heavy atom. The van der Waals surface area contributed by atoms with E-state index in [1.807, 2.05) is 18.2 Å². The summed E-state index contributed by atoms with van der Waals surface area (Å²) in [5.41, 5.74) is 10.5. The Morgan fingerprint density at radius 2 is 2.03 bits per heavy atom. The molecule has 2 fully saturated rings. The lowest BCUT2D eigenvalue weighted by molar-refractivity contribution is 0.0344. The van der Waals surface area contributed by atoms with Gasteiger partial charge in [0.25, 0.3) is 5.91 Å². The van der Waals surface area contributed by atoms with Crippen LogP contribution in [0, 0.1) is 6.92 Å². The van der Waals surface area contributed by atoms with Crippen molar-refractivity contribution in [2.75, 3.05) is 45.1 Å². The van der Waals surface area contributed by atoms with Crippen molar-refractivity contribution in [2.24, 2.45) is 0 Å². The summed E-state index contributed by atoms with van der Waals surface area (Å²) in [5.74, 6) is -0.0967. The van der Waals surface area contributed by atoms with Gasteiger partial charge in [-0.3, -0.25) is 9.69 Å². The van der Waals surface area contributed by atoms with Crippen LogP contribution < -0.4 is 11.1 Å². The standard InChI is InChI=1S/C24H28FN7O4/c1-14-2-3-15(8-17(14)23(33)29-19-12-31(24(34)35)11-18(19)25)20-9-16(10-30-4-6-36-7-5-30)21-22(26)27-13-28-32(20)21/h2-3,8-9,13,18-19H,4-7,10-12H2,1H3,(H,29,33)(H,34,35)(H2,26,27,28)/t18-,19+/m0/s1. The van der Waals surface area contributed by atoms with Gasteiger partial charge in [0, 0.05) is 37.3 Å². The lowest BCUT2D eigenvalue weighted by Gasteiger charge is -2.26. The first-order chi connectivity index (χ1) is 17.3. The summed E-state index contributed by atoms with van der Waals surface area (Å²) in [6.07, 6.45) is -1.28. The maximum absolute atomic E-state index is 14.4. The highest BCUT2D eigenvalue weighted by Crippen LogP contribution is 2.30. The summed E-state index contributed by atoms with van der Waals surface area (Å²) < 4.78 is 21.5. The minimum absolute atomic E-state index is 0.0919. The highest BCUT2D eigenvalue weighted by atomic mass is 19.1. The van der Waals surface area contributed by atoms with Gasteiger partial charge in [-0.25, -0.2) is 18.7 Å². The number of alkyl halides is 1. The zero-order valence-corrected chi connectivity index (χ0v) is 19.9. The van der Waals surface area contributed by atoms with Crippen molar-refractivity contribution in [3.05, 3.63) is 47.3 Å².